The molecule has 4 aromatic rings. The fourth-order valence-electron chi connectivity index (χ4n) is 2.64. The van der Waals surface area contributed by atoms with Gasteiger partial charge in [0.15, 0.2) is 5.82 Å². The Balaban J connectivity index is 1.67. The van der Waals surface area contributed by atoms with Gasteiger partial charge in [-0.25, -0.2) is 4.98 Å². The highest BCUT2D eigenvalue weighted by Crippen LogP contribution is 2.23. The second-order valence-electron chi connectivity index (χ2n) is 6.33. The van der Waals surface area contributed by atoms with E-state index in [1.165, 1.54) is 0 Å². The maximum atomic E-state index is 4.66. The van der Waals surface area contributed by atoms with E-state index in [1.807, 2.05) is 48.7 Å². The molecule has 0 saturated heterocycles. The number of hydrogen-bond donors (Lipinski definition) is 1. The Hall–Kier alpha value is -3.41. The summed E-state index contributed by atoms with van der Waals surface area (Å²) in [5.74, 6) is 1.77. The summed E-state index contributed by atoms with van der Waals surface area (Å²) in [6, 6.07) is 13.6. The van der Waals surface area contributed by atoms with Gasteiger partial charge in [-0.2, -0.15) is 5.10 Å². The van der Waals surface area contributed by atoms with Crippen LogP contribution >= 0.6 is 0 Å². The van der Waals surface area contributed by atoms with Gasteiger partial charge in [0.05, 0.1) is 22.9 Å². The molecule has 0 unspecified atom stereocenters. The normalized spacial score (nSPS) is 11.0. The Morgan fingerprint density at radius 2 is 1.81 bits per heavy atom. The van der Waals surface area contributed by atoms with Gasteiger partial charge in [0, 0.05) is 18.0 Å². The SMILES string of the molecule is CC(C)c1cnnc(Nc2ccc3ncc(-c4ccccn4)cc3n2)c1. The van der Waals surface area contributed by atoms with E-state index < -0.39 is 0 Å². The van der Waals surface area contributed by atoms with Crippen molar-refractivity contribution in [3.8, 4) is 11.3 Å². The average molecular weight is 342 g/mol. The molecule has 4 rings (SSSR count). The molecule has 0 aliphatic carbocycles. The molecular weight excluding hydrogens is 324 g/mol. The molecular formula is C20H18N6. The van der Waals surface area contributed by atoms with Crippen molar-refractivity contribution < 1.29 is 0 Å². The van der Waals surface area contributed by atoms with Crippen molar-refractivity contribution >= 4 is 22.7 Å². The van der Waals surface area contributed by atoms with Crippen LogP contribution in [-0.4, -0.2) is 25.1 Å². The lowest BCUT2D eigenvalue weighted by molar-refractivity contribution is 0.843. The molecule has 0 fully saturated rings. The van der Waals surface area contributed by atoms with Crippen LogP contribution in [0.2, 0.25) is 0 Å². The first-order valence-corrected chi connectivity index (χ1v) is 8.47. The minimum atomic E-state index is 0.390. The molecule has 0 saturated carbocycles. The van der Waals surface area contributed by atoms with Crippen LogP contribution in [0.15, 0.2) is 61.1 Å². The zero-order chi connectivity index (χ0) is 17.9. The van der Waals surface area contributed by atoms with Crippen LogP contribution in [0.25, 0.3) is 22.3 Å². The van der Waals surface area contributed by atoms with E-state index in [0.29, 0.717) is 17.6 Å². The highest BCUT2D eigenvalue weighted by Gasteiger charge is 2.06. The number of anilines is 2. The third kappa shape index (κ3) is 3.35. The molecule has 4 heterocycles. The predicted octanol–water partition coefficient (Wildman–Crippen LogP) is 4.35. The number of pyridine rings is 3. The van der Waals surface area contributed by atoms with Gasteiger partial charge in [0.2, 0.25) is 0 Å². The van der Waals surface area contributed by atoms with E-state index in [1.54, 1.807) is 12.4 Å². The van der Waals surface area contributed by atoms with Crippen molar-refractivity contribution in [3.05, 3.63) is 66.6 Å². The van der Waals surface area contributed by atoms with Crippen molar-refractivity contribution in [1.82, 2.24) is 25.1 Å². The number of nitrogens with one attached hydrogen (secondary N) is 1. The van der Waals surface area contributed by atoms with Crippen LogP contribution < -0.4 is 5.32 Å². The fraction of sp³-hybridized carbons (Fsp3) is 0.150. The average Bonchev–Trinajstić information content (AvgIpc) is 2.68. The van der Waals surface area contributed by atoms with Gasteiger partial charge >= 0.3 is 0 Å². The summed E-state index contributed by atoms with van der Waals surface area (Å²) in [7, 11) is 0. The molecule has 1 N–H and O–H groups in total. The number of aromatic nitrogens is 5. The second kappa shape index (κ2) is 6.84. The fourth-order valence-corrected chi connectivity index (χ4v) is 2.64. The first kappa shape index (κ1) is 16.1. The van der Waals surface area contributed by atoms with Gasteiger partial charge in [-0.15, -0.1) is 5.10 Å². The maximum Gasteiger partial charge on any atom is 0.154 e. The summed E-state index contributed by atoms with van der Waals surface area (Å²) < 4.78 is 0. The monoisotopic (exact) mass is 342 g/mol. The van der Waals surface area contributed by atoms with E-state index in [9.17, 15) is 0 Å². The molecule has 128 valence electrons. The van der Waals surface area contributed by atoms with Gasteiger partial charge in [-0.05, 0) is 47.9 Å². The molecule has 0 bridgehead atoms. The van der Waals surface area contributed by atoms with Gasteiger partial charge in [-0.3, -0.25) is 9.97 Å². The summed E-state index contributed by atoms with van der Waals surface area (Å²) in [6.45, 7) is 4.25. The molecule has 4 aromatic heterocycles. The van der Waals surface area contributed by atoms with E-state index >= 15 is 0 Å². The van der Waals surface area contributed by atoms with Crippen molar-refractivity contribution in [3.63, 3.8) is 0 Å². The summed E-state index contributed by atoms with van der Waals surface area (Å²) >= 11 is 0. The maximum absolute atomic E-state index is 4.66. The van der Waals surface area contributed by atoms with E-state index in [2.05, 4.69) is 44.3 Å². The van der Waals surface area contributed by atoms with Crippen LogP contribution in [0.5, 0.6) is 0 Å². The van der Waals surface area contributed by atoms with Gasteiger partial charge in [0.1, 0.15) is 5.82 Å². The van der Waals surface area contributed by atoms with Crippen LogP contribution in [-0.2, 0) is 0 Å². The second-order valence-corrected chi connectivity index (χ2v) is 6.33. The van der Waals surface area contributed by atoms with Crippen LogP contribution in [0.4, 0.5) is 11.6 Å². The first-order chi connectivity index (χ1) is 12.7. The molecule has 0 radical (unpaired) electrons. The Morgan fingerprint density at radius 1 is 0.885 bits per heavy atom. The summed E-state index contributed by atoms with van der Waals surface area (Å²) in [5, 5.41) is 11.4. The van der Waals surface area contributed by atoms with Gasteiger partial charge in [0.25, 0.3) is 0 Å². The number of rotatable bonds is 4. The Bertz CT molecular complexity index is 1050. The number of fused-ring (bicyclic) bond motifs is 1. The quantitative estimate of drug-likeness (QED) is 0.594. The number of nitrogens with zero attached hydrogens (tertiary/aromatic N) is 5. The lowest BCUT2D eigenvalue weighted by Crippen LogP contribution is -2.00. The third-order valence-electron chi connectivity index (χ3n) is 4.10. The van der Waals surface area contributed by atoms with Crippen molar-refractivity contribution in [2.75, 3.05) is 5.32 Å². The predicted molar refractivity (Wildman–Crippen MR) is 102 cm³/mol. The topological polar surface area (TPSA) is 76.5 Å². The van der Waals surface area contributed by atoms with E-state index in [0.717, 1.165) is 27.9 Å². The Kier molecular flexibility index (Phi) is 4.23. The Labute approximate surface area is 151 Å². The third-order valence-corrected chi connectivity index (χ3v) is 4.10. The molecule has 0 aliphatic heterocycles. The lowest BCUT2D eigenvalue weighted by atomic mass is 10.1. The molecule has 0 aliphatic rings. The van der Waals surface area contributed by atoms with Crippen LogP contribution in [0, 0.1) is 0 Å². The van der Waals surface area contributed by atoms with Crippen molar-refractivity contribution in [2.24, 2.45) is 0 Å². The highest BCUT2D eigenvalue weighted by molar-refractivity contribution is 5.81. The minimum Gasteiger partial charge on any atom is -0.323 e. The standard InChI is InChI=1S/C20H18N6/c1-13(2)14-10-20(26-23-12-14)25-19-7-6-17-18(24-19)9-15(11-22-17)16-5-3-4-8-21-16/h3-13H,1-2H3,(H,24,25,26). The lowest BCUT2D eigenvalue weighted by Gasteiger charge is -2.09. The van der Waals surface area contributed by atoms with Gasteiger partial charge in [-0.1, -0.05) is 19.9 Å². The largest absolute Gasteiger partial charge is 0.323 e. The van der Waals surface area contributed by atoms with E-state index in [-0.39, 0.29) is 0 Å². The molecule has 0 aromatic carbocycles. The molecule has 6 heteroatoms. The zero-order valence-corrected chi connectivity index (χ0v) is 14.6. The molecule has 0 atom stereocenters. The molecule has 0 amide bonds. The zero-order valence-electron chi connectivity index (χ0n) is 14.6. The summed E-state index contributed by atoms with van der Waals surface area (Å²) in [5.41, 5.74) is 4.56. The highest BCUT2D eigenvalue weighted by atomic mass is 15.2. The van der Waals surface area contributed by atoms with Crippen LogP contribution in [0.3, 0.4) is 0 Å². The smallest absolute Gasteiger partial charge is 0.154 e. The molecule has 6 nitrogen and oxygen atoms in total. The minimum absolute atomic E-state index is 0.390. The Morgan fingerprint density at radius 3 is 2.62 bits per heavy atom. The molecule has 0 spiro atoms. The van der Waals surface area contributed by atoms with E-state index in [4.69, 9.17) is 0 Å². The summed E-state index contributed by atoms with van der Waals surface area (Å²) in [4.78, 5) is 13.5. The van der Waals surface area contributed by atoms with Crippen LogP contribution in [0.1, 0.15) is 25.3 Å². The van der Waals surface area contributed by atoms with Crippen molar-refractivity contribution in [2.45, 2.75) is 19.8 Å². The molecule has 26 heavy (non-hydrogen) atoms. The van der Waals surface area contributed by atoms with Gasteiger partial charge < -0.3 is 5.32 Å². The summed E-state index contributed by atoms with van der Waals surface area (Å²) in [6.07, 6.45) is 5.37. The first-order valence-electron chi connectivity index (χ1n) is 8.47. The van der Waals surface area contributed by atoms with Crippen molar-refractivity contribution in [1.29, 1.82) is 0 Å². The number of hydrogen-bond acceptors (Lipinski definition) is 6.